The van der Waals surface area contributed by atoms with Gasteiger partial charge in [-0.2, -0.15) is 0 Å². The van der Waals surface area contributed by atoms with Crippen LogP contribution in [-0.2, 0) is 11.3 Å². The monoisotopic (exact) mass is 325 g/mol. The van der Waals surface area contributed by atoms with E-state index in [-0.39, 0.29) is 17.4 Å². The van der Waals surface area contributed by atoms with Gasteiger partial charge < -0.3 is 9.73 Å². The average Bonchev–Trinajstić information content (AvgIpc) is 3.14. The Hall–Kier alpha value is -2.14. The predicted molar refractivity (Wildman–Crippen MR) is 90.4 cm³/mol. The molecule has 0 bridgehead atoms. The van der Waals surface area contributed by atoms with Gasteiger partial charge in [-0.05, 0) is 49.9 Å². The van der Waals surface area contributed by atoms with Crippen LogP contribution in [0.15, 0.2) is 41.1 Å². The second kappa shape index (κ2) is 6.06. The number of aryl methyl sites for hydroxylation is 1. The molecule has 4 heterocycles. The number of nitrogens with zero attached hydrogens (tertiary/aromatic N) is 2. The maximum absolute atomic E-state index is 12.5. The van der Waals surface area contributed by atoms with E-state index in [4.69, 9.17) is 4.42 Å². The first-order chi connectivity index (χ1) is 11.6. The molecule has 1 amide bonds. The first kappa shape index (κ1) is 15.4. The Balaban J connectivity index is 1.39. The first-order valence-corrected chi connectivity index (χ1v) is 8.63. The topological polar surface area (TPSA) is 58.4 Å². The zero-order chi connectivity index (χ0) is 16.6. The van der Waals surface area contributed by atoms with Gasteiger partial charge in [0, 0.05) is 31.0 Å². The Morgan fingerprint density at radius 3 is 2.83 bits per heavy atom. The van der Waals surface area contributed by atoms with Crippen molar-refractivity contribution in [2.24, 2.45) is 0 Å². The molecule has 0 saturated carbocycles. The Morgan fingerprint density at radius 2 is 2.17 bits per heavy atom. The lowest BCUT2D eigenvalue weighted by Gasteiger charge is -2.39. The lowest BCUT2D eigenvalue weighted by atomic mass is 9.82. The number of amides is 1. The first-order valence-electron chi connectivity index (χ1n) is 8.63. The highest BCUT2D eigenvalue weighted by molar-refractivity contribution is 5.87. The fourth-order valence-electron chi connectivity index (χ4n) is 3.99. The summed E-state index contributed by atoms with van der Waals surface area (Å²) in [6, 6.07) is 7.97. The number of carbonyl (C=O) groups excluding carboxylic acids is 1. The van der Waals surface area contributed by atoms with E-state index in [9.17, 15) is 4.79 Å². The summed E-state index contributed by atoms with van der Waals surface area (Å²) in [5.74, 6) is 2.07. The van der Waals surface area contributed by atoms with Gasteiger partial charge in [0.05, 0.1) is 12.5 Å². The molecule has 2 saturated heterocycles. The summed E-state index contributed by atoms with van der Waals surface area (Å²) in [7, 11) is 0. The van der Waals surface area contributed by atoms with Crippen molar-refractivity contribution in [2.75, 3.05) is 13.1 Å². The maximum atomic E-state index is 12.5. The molecule has 4 rings (SSSR count). The van der Waals surface area contributed by atoms with Crippen molar-refractivity contribution in [1.82, 2.24) is 15.2 Å². The molecule has 5 heteroatoms. The summed E-state index contributed by atoms with van der Waals surface area (Å²) in [5.41, 5.74) is 0.980. The van der Waals surface area contributed by atoms with Crippen LogP contribution in [0.2, 0.25) is 0 Å². The highest BCUT2D eigenvalue weighted by Crippen LogP contribution is 2.39. The minimum Gasteiger partial charge on any atom is -0.465 e. The van der Waals surface area contributed by atoms with Gasteiger partial charge in [-0.25, -0.2) is 0 Å². The van der Waals surface area contributed by atoms with Crippen molar-refractivity contribution < 1.29 is 9.21 Å². The normalized spacial score (nSPS) is 23.5. The number of rotatable bonds is 3. The molecule has 1 N–H and O–H groups in total. The van der Waals surface area contributed by atoms with Crippen molar-refractivity contribution in [3.05, 3.63) is 53.7 Å². The fourth-order valence-corrected chi connectivity index (χ4v) is 3.99. The van der Waals surface area contributed by atoms with Crippen LogP contribution in [0.1, 0.15) is 42.3 Å². The van der Waals surface area contributed by atoms with Crippen molar-refractivity contribution in [2.45, 2.75) is 44.2 Å². The minimum atomic E-state index is -0.0574. The molecule has 126 valence electrons. The summed E-state index contributed by atoms with van der Waals surface area (Å²) in [6.07, 6.45) is 6.44. The van der Waals surface area contributed by atoms with E-state index in [0.717, 1.165) is 56.0 Å². The molecular formula is C19H23N3O2. The number of nitrogens with one attached hydrogen (secondary N) is 1. The third-order valence-corrected chi connectivity index (χ3v) is 5.38. The lowest BCUT2D eigenvalue weighted by molar-refractivity contribution is -0.121. The molecular weight excluding hydrogens is 302 g/mol. The molecule has 2 fully saturated rings. The van der Waals surface area contributed by atoms with Gasteiger partial charge in [-0.1, -0.05) is 6.07 Å². The van der Waals surface area contributed by atoms with Gasteiger partial charge in [0.1, 0.15) is 11.5 Å². The predicted octanol–water partition coefficient (Wildman–Crippen LogP) is 2.62. The van der Waals surface area contributed by atoms with Gasteiger partial charge in [0.25, 0.3) is 0 Å². The lowest BCUT2D eigenvalue weighted by Crippen LogP contribution is -2.50. The van der Waals surface area contributed by atoms with Crippen molar-refractivity contribution in [1.29, 1.82) is 0 Å². The molecule has 2 aliphatic heterocycles. The summed E-state index contributed by atoms with van der Waals surface area (Å²) >= 11 is 0. The largest absolute Gasteiger partial charge is 0.465 e. The van der Waals surface area contributed by atoms with Gasteiger partial charge >= 0.3 is 0 Å². The average molecular weight is 325 g/mol. The van der Waals surface area contributed by atoms with E-state index in [0.29, 0.717) is 0 Å². The molecule has 2 aromatic heterocycles. The molecule has 2 aromatic rings. The number of pyridine rings is 1. The molecule has 1 atom stereocenters. The van der Waals surface area contributed by atoms with Crippen molar-refractivity contribution in [3.8, 4) is 0 Å². The van der Waals surface area contributed by atoms with Crippen LogP contribution in [0.5, 0.6) is 0 Å². The van der Waals surface area contributed by atoms with Gasteiger partial charge in [-0.3, -0.25) is 14.7 Å². The summed E-state index contributed by atoms with van der Waals surface area (Å²) in [6.45, 7) is 4.80. The van der Waals surface area contributed by atoms with E-state index < -0.39 is 0 Å². The molecule has 24 heavy (non-hydrogen) atoms. The van der Waals surface area contributed by atoms with E-state index in [2.05, 4.69) is 21.3 Å². The van der Waals surface area contributed by atoms with E-state index in [1.807, 2.05) is 31.3 Å². The summed E-state index contributed by atoms with van der Waals surface area (Å²) < 4.78 is 5.68. The highest BCUT2D eigenvalue weighted by Gasteiger charge is 2.46. The third kappa shape index (κ3) is 2.96. The van der Waals surface area contributed by atoms with Crippen LogP contribution >= 0.6 is 0 Å². The minimum absolute atomic E-state index is 0.0484. The SMILES string of the molecule is Cc1ccc(CN2CCC3(CC2)C[C@@H](c2cccnc2)C(=O)N3)o1. The molecule has 0 aromatic carbocycles. The van der Waals surface area contributed by atoms with Crippen LogP contribution in [-0.4, -0.2) is 34.4 Å². The Kier molecular flexibility index (Phi) is 3.88. The Morgan fingerprint density at radius 1 is 1.33 bits per heavy atom. The van der Waals surface area contributed by atoms with Crippen LogP contribution in [0.4, 0.5) is 0 Å². The second-order valence-corrected chi connectivity index (χ2v) is 7.10. The number of furan rings is 1. The van der Waals surface area contributed by atoms with Crippen molar-refractivity contribution >= 4 is 5.91 Å². The van der Waals surface area contributed by atoms with Crippen LogP contribution in [0.3, 0.4) is 0 Å². The van der Waals surface area contributed by atoms with E-state index in [1.54, 1.807) is 6.20 Å². The van der Waals surface area contributed by atoms with Gasteiger partial charge in [0.15, 0.2) is 0 Å². The standard InChI is InChI=1S/C19H23N3O2/c1-14-4-5-16(24-14)13-22-9-6-19(7-10-22)11-17(18(23)21-19)15-3-2-8-20-12-15/h2-5,8,12,17H,6-7,9-11,13H2,1H3,(H,21,23)/t17-/m0/s1. The van der Waals surface area contributed by atoms with Crippen LogP contribution in [0, 0.1) is 6.92 Å². The fraction of sp³-hybridized carbons (Fsp3) is 0.474. The Bertz CT molecular complexity index is 717. The second-order valence-electron chi connectivity index (χ2n) is 7.10. The van der Waals surface area contributed by atoms with Crippen molar-refractivity contribution in [3.63, 3.8) is 0 Å². The number of carbonyl (C=O) groups is 1. The summed E-state index contributed by atoms with van der Waals surface area (Å²) in [4.78, 5) is 19.0. The Labute approximate surface area is 142 Å². The molecule has 2 aliphatic rings. The molecule has 5 nitrogen and oxygen atoms in total. The highest BCUT2D eigenvalue weighted by atomic mass is 16.3. The number of aromatic nitrogens is 1. The van der Waals surface area contributed by atoms with E-state index >= 15 is 0 Å². The zero-order valence-electron chi connectivity index (χ0n) is 14.0. The van der Waals surface area contributed by atoms with Gasteiger partial charge in [-0.15, -0.1) is 0 Å². The maximum Gasteiger partial charge on any atom is 0.228 e. The zero-order valence-corrected chi connectivity index (χ0v) is 14.0. The molecule has 0 unspecified atom stereocenters. The number of likely N-dealkylation sites (tertiary alicyclic amines) is 1. The quantitative estimate of drug-likeness (QED) is 0.942. The van der Waals surface area contributed by atoms with Crippen LogP contribution in [0.25, 0.3) is 0 Å². The number of hydrogen-bond donors (Lipinski definition) is 1. The number of hydrogen-bond acceptors (Lipinski definition) is 4. The van der Waals surface area contributed by atoms with E-state index in [1.165, 1.54) is 0 Å². The van der Waals surface area contributed by atoms with Gasteiger partial charge in [0.2, 0.25) is 5.91 Å². The molecule has 0 radical (unpaired) electrons. The smallest absolute Gasteiger partial charge is 0.228 e. The van der Waals surface area contributed by atoms with Crippen LogP contribution < -0.4 is 5.32 Å². The summed E-state index contributed by atoms with van der Waals surface area (Å²) in [5, 5.41) is 3.29. The molecule has 0 aliphatic carbocycles. The molecule has 1 spiro atoms. The number of piperidine rings is 1. The third-order valence-electron chi connectivity index (χ3n) is 5.38.